The fraction of sp³-hybridized carbons (Fsp3) is 0.227. The van der Waals surface area contributed by atoms with E-state index in [4.69, 9.17) is 13.9 Å². The average Bonchev–Trinajstić information content (AvgIpc) is 3.10. The molecule has 0 fully saturated rings. The largest absolute Gasteiger partial charge is 0.490 e. The molecule has 0 spiro atoms. The molecule has 0 N–H and O–H groups in total. The maximum atomic E-state index is 13.2. The molecule has 1 aliphatic rings. The van der Waals surface area contributed by atoms with Gasteiger partial charge in [-0.3, -0.25) is 4.79 Å². The van der Waals surface area contributed by atoms with Crippen LogP contribution in [0, 0.1) is 0 Å². The first kappa shape index (κ1) is 17.2. The number of hydrogen-bond acceptors (Lipinski definition) is 4. The summed E-state index contributed by atoms with van der Waals surface area (Å²) in [5.74, 6) is 1.97. The molecular formula is C22H21NO4. The van der Waals surface area contributed by atoms with Gasteiger partial charge in [0.15, 0.2) is 11.5 Å². The van der Waals surface area contributed by atoms with E-state index in [1.807, 2.05) is 48.5 Å². The highest BCUT2D eigenvalue weighted by molar-refractivity contribution is 5.94. The molecule has 4 rings (SSSR count). The van der Waals surface area contributed by atoms with Crippen LogP contribution in [-0.2, 0) is 13.1 Å². The Kier molecular flexibility index (Phi) is 5.10. The van der Waals surface area contributed by atoms with E-state index in [9.17, 15) is 4.79 Å². The van der Waals surface area contributed by atoms with Crippen molar-refractivity contribution in [1.82, 2.24) is 4.90 Å². The predicted octanol–water partition coefficient (Wildman–Crippen LogP) is 4.28. The van der Waals surface area contributed by atoms with Gasteiger partial charge in [0.05, 0.1) is 26.0 Å². The second-order valence-electron chi connectivity index (χ2n) is 6.44. The van der Waals surface area contributed by atoms with E-state index in [2.05, 4.69) is 0 Å². The number of carbonyl (C=O) groups is 1. The molecule has 0 bridgehead atoms. The molecule has 0 unspecified atom stereocenters. The summed E-state index contributed by atoms with van der Waals surface area (Å²) in [6, 6.07) is 19.0. The fourth-order valence-corrected chi connectivity index (χ4v) is 3.07. The van der Waals surface area contributed by atoms with E-state index in [1.165, 1.54) is 0 Å². The standard InChI is InChI=1S/C22H21NO4/c24-22(18-9-10-20-21(14-18)27-13-5-12-26-20)23(16-19-8-4-11-25-19)15-17-6-2-1-3-7-17/h1-4,6-11,14H,5,12-13,15-16H2. The van der Waals surface area contributed by atoms with Crippen LogP contribution in [0.4, 0.5) is 0 Å². The molecule has 27 heavy (non-hydrogen) atoms. The second kappa shape index (κ2) is 7.99. The van der Waals surface area contributed by atoms with Gasteiger partial charge in [-0.05, 0) is 35.9 Å². The Morgan fingerprint density at radius 1 is 0.889 bits per heavy atom. The van der Waals surface area contributed by atoms with Crippen LogP contribution in [0.5, 0.6) is 11.5 Å². The predicted molar refractivity (Wildman–Crippen MR) is 101 cm³/mol. The van der Waals surface area contributed by atoms with Crippen LogP contribution >= 0.6 is 0 Å². The molecular weight excluding hydrogens is 342 g/mol. The van der Waals surface area contributed by atoms with Crippen molar-refractivity contribution in [2.45, 2.75) is 19.5 Å². The average molecular weight is 363 g/mol. The number of fused-ring (bicyclic) bond motifs is 1. The lowest BCUT2D eigenvalue weighted by Crippen LogP contribution is -2.30. The summed E-state index contributed by atoms with van der Waals surface area (Å²) >= 11 is 0. The Labute approximate surface area is 158 Å². The van der Waals surface area contributed by atoms with Gasteiger partial charge in [0, 0.05) is 18.5 Å². The SMILES string of the molecule is O=C(c1ccc2c(c1)OCCCO2)N(Cc1ccccc1)Cc1ccco1. The van der Waals surface area contributed by atoms with Crippen molar-refractivity contribution in [3.05, 3.63) is 83.8 Å². The van der Waals surface area contributed by atoms with Gasteiger partial charge >= 0.3 is 0 Å². The van der Waals surface area contributed by atoms with Gasteiger partial charge in [0.25, 0.3) is 5.91 Å². The van der Waals surface area contributed by atoms with Crippen molar-refractivity contribution in [2.24, 2.45) is 0 Å². The van der Waals surface area contributed by atoms with Crippen LogP contribution in [0.1, 0.15) is 28.1 Å². The summed E-state index contributed by atoms with van der Waals surface area (Å²) in [4.78, 5) is 15.0. The van der Waals surface area contributed by atoms with Gasteiger partial charge in [0.1, 0.15) is 5.76 Å². The highest BCUT2D eigenvalue weighted by atomic mass is 16.5. The first-order valence-corrected chi connectivity index (χ1v) is 9.05. The van der Waals surface area contributed by atoms with Gasteiger partial charge in [0.2, 0.25) is 0 Å². The number of hydrogen-bond donors (Lipinski definition) is 0. The molecule has 0 saturated carbocycles. The minimum Gasteiger partial charge on any atom is -0.490 e. The maximum Gasteiger partial charge on any atom is 0.254 e. The lowest BCUT2D eigenvalue weighted by atomic mass is 10.1. The van der Waals surface area contributed by atoms with Crippen LogP contribution in [-0.4, -0.2) is 24.0 Å². The first-order valence-electron chi connectivity index (χ1n) is 9.05. The molecule has 2 aromatic carbocycles. The third kappa shape index (κ3) is 4.14. The van der Waals surface area contributed by atoms with Gasteiger partial charge in [-0.1, -0.05) is 30.3 Å². The molecule has 1 aliphatic heterocycles. The highest BCUT2D eigenvalue weighted by Gasteiger charge is 2.20. The first-order chi connectivity index (χ1) is 13.3. The van der Waals surface area contributed by atoms with Crippen LogP contribution in [0.2, 0.25) is 0 Å². The number of rotatable bonds is 5. The molecule has 138 valence electrons. The topological polar surface area (TPSA) is 51.9 Å². The third-order valence-corrected chi connectivity index (χ3v) is 4.42. The molecule has 2 heterocycles. The van der Waals surface area contributed by atoms with E-state index in [-0.39, 0.29) is 5.91 Å². The number of carbonyl (C=O) groups excluding carboxylic acids is 1. The summed E-state index contributed by atoms with van der Waals surface area (Å²) in [5, 5.41) is 0. The summed E-state index contributed by atoms with van der Waals surface area (Å²) in [6.07, 6.45) is 2.45. The zero-order valence-electron chi connectivity index (χ0n) is 15.0. The number of benzene rings is 2. The van der Waals surface area contributed by atoms with Gasteiger partial charge in [-0.25, -0.2) is 0 Å². The summed E-state index contributed by atoms with van der Waals surface area (Å²) in [5.41, 5.74) is 1.63. The molecule has 1 aromatic heterocycles. The fourth-order valence-electron chi connectivity index (χ4n) is 3.07. The molecule has 0 aliphatic carbocycles. The molecule has 5 nitrogen and oxygen atoms in total. The van der Waals surface area contributed by atoms with Gasteiger partial charge < -0.3 is 18.8 Å². The Morgan fingerprint density at radius 2 is 1.70 bits per heavy atom. The minimum atomic E-state index is -0.0779. The molecule has 1 amide bonds. The van der Waals surface area contributed by atoms with Gasteiger partial charge in [-0.15, -0.1) is 0 Å². The van der Waals surface area contributed by atoms with E-state index < -0.39 is 0 Å². The highest BCUT2D eigenvalue weighted by Crippen LogP contribution is 2.31. The van der Waals surface area contributed by atoms with Crippen molar-refractivity contribution in [3.8, 4) is 11.5 Å². The van der Waals surface area contributed by atoms with E-state index in [0.717, 1.165) is 17.7 Å². The quantitative estimate of drug-likeness (QED) is 0.679. The summed E-state index contributed by atoms with van der Waals surface area (Å²) in [7, 11) is 0. The van der Waals surface area contributed by atoms with Crippen molar-refractivity contribution in [2.75, 3.05) is 13.2 Å². The second-order valence-corrected chi connectivity index (χ2v) is 6.44. The smallest absolute Gasteiger partial charge is 0.254 e. The summed E-state index contributed by atoms with van der Waals surface area (Å²) < 4.78 is 16.8. The molecule has 0 radical (unpaired) electrons. The van der Waals surface area contributed by atoms with E-state index in [1.54, 1.807) is 23.3 Å². The van der Waals surface area contributed by atoms with Crippen molar-refractivity contribution in [3.63, 3.8) is 0 Å². The lowest BCUT2D eigenvalue weighted by molar-refractivity contribution is 0.0717. The van der Waals surface area contributed by atoms with Crippen LogP contribution in [0.25, 0.3) is 0 Å². The lowest BCUT2D eigenvalue weighted by Gasteiger charge is -2.22. The Balaban J connectivity index is 1.60. The van der Waals surface area contributed by atoms with Crippen molar-refractivity contribution >= 4 is 5.91 Å². The van der Waals surface area contributed by atoms with Crippen LogP contribution < -0.4 is 9.47 Å². The Hall–Kier alpha value is -3.21. The number of nitrogens with zero attached hydrogens (tertiary/aromatic N) is 1. The number of amides is 1. The monoisotopic (exact) mass is 363 g/mol. The number of ether oxygens (including phenoxy) is 2. The number of furan rings is 1. The third-order valence-electron chi connectivity index (χ3n) is 4.42. The molecule has 5 heteroatoms. The van der Waals surface area contributed by atoms with E-state index >= 15 is 0 Å². The molecule has 0 atom stereocenters. The maximum absolute atomic E-state index is 13.2. The van der Waals surface area contributed by atoms with Crippen LogP contribution in [0.3, 0.4) is 0 Å². The van der Waals surface area contributed by atoms with Crippen molar-refractivity contribution in [1.29, 1.82) is 0 Å². The van der Waals surface area contributed by atoms with Gasteiger partial charge in [-0.2, -0.15) is 0 Å². The van der Waals surface area contributed by atoms with Crippen LogP contribution in [0.15, 0.2) is 71.3 Å². The zero-order valence-corrected chi connectivity index (χ0v) is 15.0. The zero-order chi connectivity index (χ0) is 18.5. The Morgan fingerprint density at radius 3 is 2.48 bits per heavy atom. The minimum absolute atomic E-state index is 0.0779. The van der Waals surface area contributed by atoms with E-state index in [0.29, 0.717) is 43.4 Å². The van der Waals surface area contributed by atoms with Crippen molar-refractivity contribution < 1.29 is 18.7 Å². The Bertz CT molecular complexity index is 890. The normalized spacial score (nSPS) is 13.0. The molecule has 0 saturated heterocycles. The summed E-state index contributed by atoms with van der Waals surface area (Å²) in [6.45, 7) is 2.10. The molecule has 3 aromatic rings.